The summed E-state index contributed by atoms with van der Waals surface area (Å²) < 4.78 is 0. The van der Waals surface area contributed by atoms with E-state index in [-0.39, 0.29) is 0 Å². The van der Waals surface area contributed by atoms with Crippen molar-refractivity contribution in [3.63, 3.8) is 0 Å². The Bertz CT molecular complexity index is 601. The third kappa shape index (κ3) is 6.42. The molecule has 2 aromatic rings. The minimum absolute atomic E-state index is 0.451. The van der Waals surface area contributed by atoms with Crippen molar-refractivity contribution >= 4 is 0 Å². The molecule has 1 saturated heterocycles. The number of nitrogens with one attached hydrogen (secondary N) is 2. The Balaban J connectivity index is 1.75. The molecule has 0 saturated carbocycles. The lowest BCUT2D eigenvalue weighted by atomic mass is 10.0. The van der Waals surface area contributed by atoms with Gasteiger partial charge in [0.05, 0.1) is 0 Å². The van der Waals surface area contributed by atoms with E-state index in [0.29, 0.717) is 12.1 Å². The van der Waals surface area contributed by atoms with Crippen LogP contribution in [0, 0.1) is 0 Å². The van der Waals surface area contributed by atoms with Crippen molar-refractivity contribution in [1.82, 2.24) is 20.4 Å². The summed E-state index contributed by atoms with van der Waals surface area (Å²) in [6.07, 6.45) is 0. The molecule has 1 heterocycles. The molecular formula is C24H36N4. The van der Waals surface area contributed by atoms with Crippen LogP contribution in [-0.2, 0) is 13.1 Å². The minimum atomic E-state index is 0.451. The number of rotatable bonds is 8. The Morgan fingerprint density at radius 1 is 0.679 bits per heavy atom. The first kappa shape index (κ1) is 21.0. The number of likely N-dealkylation sites (N-methyl/N-ethyl adjacent to an activating group) is 2. The molecule has 1 aliphatic rings. The molecule has 2 atom stereocenters. The Morgan fingerprint density at radius 3 is 1.43 bits per heavy atom. The van der Waals surface area contributed by atoms with Crippen LogP contribution in [0.4, 0.5) is 0 Å². The highest BCUT2D eigenvalue weighted by atomic mass is 15.2. The van der Waals surface area contributed by atoms with E-state index in [1.807, 2.05) is 0 Å². The van der Waals surface area contributed by atoms with E-state index in [1.54, 1.807) is 0 Å². The minimum Gasteiger partial charge on any atom is -0.311 e. The van der Waals surface area contributed by atoms with E-state index in [1.165, 1.54) is 11.1 Å². The standard InChI is InChI=1S/C24H36N4/c1-3-25-23-19-27(17-21-11-7-5-8-12-21)15-16-28(20-24(23)26-4-2)18-22-13-9-6-10-14-22/h5-14,23-26H,3-4,15-20H2,1-2H3/t23-,24-/m0/s1. The zero-order chi connectivity index (χ0) is 19.6. The molecule has 0 aromatic heterocycles. The second-order valence-electron chi connectivity index (χ2n) is 7.77. The fourth-order valence-electron chi connectivity index (χ4n) is 4.18. The van der Waals surface area contributed by atoms with Gasteiger partial charge in [0.1, 0.15) is 0 Å². The van der Waals surface area contributed by atoms with E-state index in [9.17, 15) is 0 Å². The Kier molecular flexibility index (Phi) is 8.49. The second kappa shape index (κ2) is 11.3. The fourth-order valence-corrected chi connectivity index (χ4v) is 4.18. The largest absolute Gasteiger partial charge is 0.311 e. The van der Waals surface area contributed by atoms with Crippen molar-refractivity contribution in [2.45, 2.75) is 39.0 Å². The van der Waals surface area contributed by atoms with Gasteiger partial charge in [-0.3, -0.25) is 9.80 Å². The highest BCUT2D eigenvalue weighted by Gasteiger charge is 2.27. The average molecular weight is 381 g/mol. The highest BCUT2D eigenvalue weighted by molar-refractivity contribution is 5.16. The molecule has 1 fully saturated rings. The summed E-state index contributed by atoms with van der Waals surface area (Å²) in [4.78, 5) is 5.23. The molecule has 0 amide bonds. The van der Waals surface area contributed by atoms with Crippen LogP contribution in [0.15, 0.2) is 60.7 Å². The van der Waals surface area contributed by atoms with Crippen LogP contribution in [0.25, 0.3) is 0 Å². The summed E-state index contributed by atoms with van der Waals surface area (Å²) in [5, 5.41) is 7.51. The van der Waals surface area contributed by atoms with E-state index in [4.69, 9.17) is 0 Å². The van der Waals surface area contributed by atoms with E-state index in [0.717, 1.165) is 52.4 Å². The van der Waals surface area contributed by atoms with Crippen LogP contribution in [0.3, 0.4) is 0 Å². The number of benzene rings is 2. The van der Waals surface area contributed by atoms with Gasteiger partial charge in [-0.05, 0) is 24.2 Å². The van der Waals surface area contributed by atoms with Gasteiger partial charge in [-0.2, -0.15) is 0 Å². The third-order valence-corrected chi connectivity index (χ3v) is 5.56. The van der Waals surface area contributed by atoms with E-state index in [2.05, 4.69) is 94.9 Å². The molecule has 0 unspecified atom stereocenters. The quantitative estimate of drug-likeness (QED) is 0.737. The first-order valence-electron chi connectivity index (χ1n) is 10.8. The van der Waals surface area contributed by atoms with E-state index >= 15 is 0 Å². The smallest absolute Gasteiger partial charge is 0.0361 e. The van der Waals surface area contributed by atoms with Crippen molar-refractivity contribution in [3.8, 4) is 0 Å². The normalized spacial score (nSPS) is 21.9. The van der Waals surface area contributed by atoms with Gasteiger partial charge in [0.15, 0.2) is 0 Å². The second-order valence-corrected chi connectivity index (χ2v) is 7.77. The molecule has 0 spiro atoms. The Morgan fingerprint density at radius 2 is 1.07 bits per heavy atom. The van der Waals surface area contributed by atoms with Crippen LogP contribution in [0.2, 0.25) is 0 Å². The Labute approximate surface area is 170 Å². The van der Waals surface area contributed by atoms with Gasteiger partial charge in [0.25, 0.3) is 0 Å². The van der Waals surface area contributed by atoms with Crippen LogP contribution in [0.1, 0.15) is 25.0 Å². The summed E-state index contributed by atoms with van der Waals surface area (Å²) >= 11 is 0. The Hall–Kier alpha value is -1.72. The molecule has 2 aromatic carbocycles. The molecule has 0 radical (unpaired) electrons. The van der Waals surface area contributed by atoms with Crippen LogP contribution in [0.5, 0.6) is 0 Å². The van der Waals surface area contributed by atoms with Crippen molar-refractivity contribution < 1.29 is 0 Å². The molecule has 0 bridgehead atoms. The van der Waals surface area contributed by atoms with Crippen LogP contribution in [-0.4, -0.2) is 61.2 Å². The number of hydrogen-bond donors (Lipinski definition) is 2. The predicted molar refractivity (Wildman–Crippen MR) is 118 cm³/mol. The summed E-state index contributed by atoms with van der Waals surface area (Å²) in [5.41, 5.74) is 2.79. The van der Waals surface area contributed by atoms with Gasteiger partial charge in [-0.25, -0.2) is 0 Å². The van der Waals surface area contributed by atoms with Crippen molar-refractivity contribution in [3.05, 3.63) is 71.8 Å². The van der Waals surface area contributed by atoms with Gasteiger partial charge in [0, 0.05) is 51.4 Å². The lowest BCUT2D eigenvalue weighted by Crippen LogP contribution is -2.60. The highest BCUT2D eigenvalue weighted by Crippen LogP contribution is 2.13. The summed E-state index contributed by atoms with van der Waals surface area (Å²) in [7, 11) is 0. The SMILES string of the molecule is CCN[C@H]1CN(Cc2ccccc2)CCN(Cc2ccccc2)C[C@@H]1NCC. The van der Waals surface area contributed by atoms with Gasteiger partial charge in [0.2, 0.25) is 0 Å². The molecule has 3 rings (SSSR count). The maximum atomic E-state index is 3.76. The zero-order valence-corrected chi connectivity index (χ0v) is 17.5. The number of hydrogen-bond acceptors (Lipinski definition) is 4. The summed E-state index contributed by atoms with van der Waals surface area (Å²) in [6, 6.07) is 22.6. The van der Waals surface area contributed by atoms with Crippen molar-refractivity contribution in [1.29, 1.82) is 0 Å². The molecule has 4 heteroatoms. The molecule has 28 heavy (non-hydrogen) atoms. The molecular weight excluding hydrogens is 344 g/mol. The maximum Gasteiger partial charge on any atom is 0.0361 e. The molecule has 152 valence electrons. The summed E-state index contributed by atoms with van der Waals surface area (Å²) in [5.74, 6) is 0. The maximum absolute atomic E-state index is 3.76. The van der Waals surface area contributed by atoms with Gasteiger partial charge in [-0.1, -0.05) is 74.5 Å². The van der Waals surface area contributed by atoms with Crippen molar-refractivity contribution in [2.75, 3.05) is 39.3 Å². The fraction of sp³-hybridized carbons (Fsp3) is 0.500. The van der Waals surface area contributed by atoms with Crippen molar-refractivity contribution in [2.24, 2.45) is 0 Å². The molecule has 1 aliphatic heterocycles. The lowest BCUT2D eigenvalue weighted by molar-refractivity contribution is 0.120. The monoisotopic (exact) mass is 380 g/mol. The van der Waals surface area contributed by atoms with Gasteiger partial charge in [-0.15, -0.1) is 0 Å². The summed E-state index contributed by atoms with van der Waals surface area (Å²) in [6.45, 7) is 12.8. The molecule has 2 N–H and O–H groups in total. The zero-order valence-electron chi connectivity index (χ0n) is 17.5. The van der Waals surface area contributed by atoms with Gasteiger partial charge < -0.3 is 10.6 Å². The average Bonchev–Trinajstić information content (AvgIpc) is 2.71. The first-order chi connectivity index (χ1) is 13.8. The van der Waals surface area contributed by atoms with Crippen LogP contribution >= 0.6 is 0 Å². The topological polar surface area (TPSA) is 30.5 Å². The first-order valence-corrected chi connectivity index (χ1v) is 10.8. The number of nitrogens with zero attached hydrogens (tertiary/aromatic N) is 2. The van der Waals surface area contributed by atoms with E-state index < -0.39 is 0 Å². The predicted octanol–water partition coefficient (Wildman–Crippen LogP) is 2.96. The third-order valence-electron chi connectivity index (χ3n) is 5.56. The van der Waals surface area contributed by atoms with Gasteiger partial charge >= 0.3 is 0 Å². The lowest BCUT2D eigenvalue weighted by Gasteiger charge is -2.40. The molecule has 0 aliphatic carbocycles. The molecule has 4 nitrogen and oxygen atoms in total. The van der Waals surface area contributed by atoms with Crippen LogP contribution < -0.4 is 10.6 Å².